The maximum Gasteiger partial charge on any atom is 0.306 e. The summed E-state index contributed by atoms with van der Waals surface area (Å²) < 4.78 is 16.9. The van der Waals surface area contributed by atoms with E-state index in [1.54, 1.807) is 0 Å². The summed E-state index contributed by atoms with van der Waals surface area (Å²) in [5, 5.41) is 0. The van der Waals surface area contributed by atoms with Crippen LogP contribution in [0.5, 0.6) is 0 Å². The van der Waals surface area contributed by atoms with Gasteiger partial charge in [-0.05, 0) is 31.1 Å². The number of esters is 3. The quantitative estimate of drug-likeness (QED) is 0.0344. The lowest BCUT2D eigenvalue weighted by Crippen LogP contribution is -2.30. The zero-order valence-electron chi connectivity index (χ0n) is 44.6. The summed E-state index contributed by atoms with van der Waals surface area (Å²) in [7, 11) is 0. The molecule has 0 heterocycles. The lowest BCUT2D eigenvalue weighted by molar-refractivity contribution is -0.167. The molecule has 0 N–H and O–H groups in total. The summed E-state index contributed by atoms with van der Waals surface area (Å²) in [6.45, 7) is 11.4. The number of unbranched alkanes of at least 4 members (excludes halogenated alkanes) is 37. The van der Waals surface area contributed by atoms with Gasteiger partial charge < -0.3 is 14.2 Å². The fraction of sp³-hybridized carbons (Fsp3) is 0.949. The van der Waals surface area contributed by atoms with Crippen LogP contribution in [0.4, 0.5) is 0 Å². The number of hydrogen-bond donors (Lipinski definition) is 0. The Morgan fingerprint density at radius 3 is 0.877 bits per heavy atom. The molecule has 0 amide bonds. The lowest BCUT2D eigenvalue weighted by atomic mass is 9.99. The van der Waals surface area contributed by atoms with Crippen molar-refractivity contribution in [1.82, 2.24) is 0 Å². The summed E-state index contributed by atoms with van der Waals surface area (Å²) in [5.41, 5.74) is 0. The Bertz CT molecular complexity index is 995. The molecule has 0 aliphatic heterocycles. The fourth-order valence-electron chi connectivity index (χ4n) is 9.02. The highest BCUT2D eigenvalue weighted by Crippen LogP contribution is 2.19. The second kappa shape index (κ2) is 51.8. The van der Waals surface area contributed by atoms with Crippen LogP contribution in [0, 0.1) is 11.8 Å². The van der Waals surface area contributed by atoms with Gasteiger partial charge in [0.05, 0.1) is 0 Å². The maximum absolute atomic E-state index is 12.8. The first-order valence-electron chi connectivity index (χ1n) is 29.3. The third-order valence-corrected chi connectivity index (χ3v) is 13.8. The molecule has 65 heavy (non-hydrogen) atoms. The standard InChI is InChI=1S/C59H114O6/c1-6-8-9-10-11-12-13-14-15-16-17-18-19-20-23-29-34-39-44-49-57(60)63-52-56(65-59(62)51-46-41-36-31-24-21-22-27-32-37-42-47-54(3)4)53-64-58(61)50-45-40-35-30-26-25-28-33-38-43-48-55(5)7-2/h54-56H,6-53H2,1-5H3/t55?,56-/m1/s1. The first-order chi connectivity index (χ1) is 31.8. The van der Waals surface area contributed by atoms with Crippen molar-refractivity contribution in [3.05, 3.63) is 0 Å². The predicted molar refractivity (Wildman–Crippen MR) is 280 cm³/mol. The molecule has 0 aliphatic carbocycles. The molecular formula is C59H114O6. The third-order valence-electron chi connectivity index (χ3n) is 13.8. The van der Waals surface area contributed by atoms with Crippen LogP contribution < -0.4 is 0 Å². The highest BCUT2D eigenvalue weighted by Gasteiger charge is 2.19. The largest absolute Gasteiger partial charge is 0.462 e. The Balaban J connectivity index is 4.28. The SMILES string of the molecule is CCCCCCCCCCCCCCCCCCCCCC(=O)OC[C@H](COC(=O)CCCCCCCCCCCCC(C)CC)OC(=O)CCCCCCCCCCCCCC(C)C. The smallest absolute Gasteiger partial charge is 0.306 e. The first-order valence-corrected chi connectivity index (χ1v) is 29.3. The van der Waals surface area contributed by atoms with Gasteiger partial charge in [-0.2, -0.15) is 0 Å². The topological polar surface area (TPSA) is 78.9 Å². The normalized spacial score (nSPS) is 12.5. The Labute approximate surface area is 406 Å². The second-order valence-electron chi connectivity index (χ2n) is 21.0. The molecule has 2 atom stereocenters. The number of carbonyl (C=O) groups excluding carboxylic acids is 3. The van der Waals surface area contributed by atoms with Crippen molar-refractivity contribution >= 4 is 17.9 Å². The van der Waals surface area contributed by atoms with Crippen molar-refractivity contribution < 1.29 is 28.6 Å². The van der Waals surface area contributed by atoms with Gasteiger partial charge in [0.2, 0.25) is 0 Å². The number of ether oxygens (including phenoxy) is 3. The maximum atomic E-state index is 12.8. The monoisotopic (exact) mass is 919 g/mol. The summed E-state index contributed by atoms with van der Waals surface area (Å²) in [6, 6.07) is 0. The van der Waals surface area contributed by atoms with Gasteiger partial charge in [-0.1, -0.05) is 291 Å². The third kappa shape index (κ3) is 51.6. The van der Waals surface area contributed by atoms with Crippen LogP contribution in [-0.2, 0) is 28.6 Å². The van der Waals surface area contributed by atoms with E-state index in [1.165, 1.54) is 218 Å². The van der Waals surface area contributed by atoms with Crippen LogP contribution in [0.25, 0.3) is 0 Å². The van der Waals surface area contributed by atoms with Crippen molar-refractivity contribution in [2.45, 2.75) is 336 Å². The van der Waals surface area contributed by atoms with Crippen LogP contribution in [0.3, 0.4) is 0 Å². The van der Waals surface area contributed by atoms with Crippen molar-refractivity contribution in [2.24, 2.45) is 11.8 Å². The van der Waals surface area contributed by atoms with Crippen molar-refractivity contribution in [3.63, 3.8) is 0 Å². The van der Waals surface area contributed by atoms with E-state index in [0.29, 0.717) is 19.3 Å². The van der Waals surface area contributed by atoms with Crippen molar-refractivity contribution in [1.29, 1.82) is 0 Å². The molecule has 0 radical (unpaired) electrons. The average Bonchev–Trinajstić information content (AvgIpc) is 3.29. The molecule has 0 rings (SSSR count). The lowest BCUT2D eigenvalue weighted by Gasteiger charge is -2.18. The molecule has 0 aromatic carbocycles. The van der Waals surface area contributed by atoms with Gasteiger partial charge >= 0.3 is 17.9 Å². The fourth-order valence-corrected chi connectivity index (χ4v) is 9.02. The van der Waals surface area contributed by atoms with E-state index in [9.17, 15) is 14.4 Å². The molecule has 0 bridgehead atoms. The molecule has 6 nitrogen and oxygen atoms in total. The number of hydrogen-bond acceptors (Lipinski definition) is 6. The minimum atomic E-state index is -0.763. The zero-order chi connectivity index (χ0) is 47.5. The minimum absolute atomic E-state index is 0.0629. The number of rotatable bonds is 53. The number of carbonyl (C=O) groups is 3. The van der Waals surface area contributed by atoms with E-state index in [0.717, 1.165) is 69.6 Å². The highest BCUT2D eigenvalue weighted by molar-refractivity contribution is 5.71. The Kier molecular flexibility index (Phi) is 50.5. The van der Waals surface area contributed by atoms with Gasteiger partial charge in [0.15, 0.2) is 6.10 Å². The second-order valence-corrected chi connectivity index (χ2v) is 21.0. The van der Waals surface area contributed by atoms with Crippen molar-refractivity contribution in [3.8, 4) is 0 Å². The Hall–Kier alpha value is -1.59. The highest BCUT2D eigenvalue weighted by atomic mass is 16.6. The molecule has 1 unspecified atom stereocenters. The molecule has 0 aliphatic rings. The van der Waals surface area contributed by atoms with Gasteiger partial charge in [-0.3, -0.25) is 14.4 Å². The van der Waals surface area contributed by atoms with E-state index in [4.69, 9.17) is 14.2 Å². The molecule has 0 saturated carbocycles. The molecule has 0 aromatic heterocycles. The van der Waals surface area contributed by atoms with E-state index in [-0.39, 0.29) is 31.1 Å². The summed E-state index contributed by atoms with van der Waals surface area (Å²) in [4.78, 5) is 38.1. The Morgan fingerprint density at radius 2 is 0.585 bits per heavy atom. The van der Waals surface area contributed by atoms with Gasteiger partial charge in [-0.15, -0.1) is 0 Å². The van der Waals surface area contributed by atoms with E-state index in [2.05, 4.69) is 34.6 Å². The van der Waals surface area contributed by atoms with E-state index >= 15 is 0 Å². The molecule has 386 valence electrons. The average molecular weight is 920 g/mol. The van der Waals surface area contributed by atoms with Crippen LogP contribution in [0.1, 0.15) is 330 Å². The van der Waals surface area contributed by atoms with Gasteiger partial charge in [-0.25, -0.2) is 0 Å². The van der Waals surface area contributed by atoms with Crippen molar-refractivity contribution in [2.75, 3.05) is 13.2 Å². The van der Waals surface area contributed by atoms with E-state index in [1.807, 2.05) is 0 Å². The van der Waals surface area contributed by atoms with Gasteiger partial charge in [0.1, 0.15) is 13.2 Å². The molecule has 6 heteroatoms. The van der Waals surface area contributed by atoms with Crippen LogP contribution in [0.2, 0.25) is 0 Å². The molecule has 0 saturated heterocycles. The molecular weight excluding hydrogens is 805 g/mol. The summed E-state index contributed by atoms with van der Waals surface area (Å²) >= 11 is 0. The first kappa shape index (κ1) is 63.4. The molecule has 0 aromatic rings. The van der Waals surface area contributed by atoms with Gasteiger partial charge in [0, 0.05) is 19.3 Å². The summed E-state index contributed by atoms with van der Waals surface area (Å²) in [6.07, 6.45) is 55.2. The predicted octanol–water partition coefficient (Wildman–Crippen LogP) is 19.3. The zero-order valence-corrected chi connectivity index (χ0v) is 44.6. The van der Waals surface area contributed by atoms with Gasteiger partial charge in [0.25, 0.3) is 0 Å². The van der Waals surface area contributed by atoms with Crippen LogP contribution in [-0.4, -0.2) is 37.2 Å². The summed E-state index contributed by atoms with van der Waals surface area (Å²) in [5.74, 6) is 0.854. The van der Waals surface area contributed by atoms with Crippen LogP contribution in [0.15, 0.2) is 0 Å². The molecule has 0 fully saturated rings. The Morgan fingerprint density at radius 1 is 0.323 bits per heavy atom. The minimum Gasteiger partial charge on any atom is -0.462 e. The van der Waals surface area contributed by atoms with E-state index < -0.39 is 6.10 Å². The molecule has 0 spiro atoms. The van der Waals surface area contributed by atoms with Crippen LogP contribution >= 0.6 is 0 Å².